The first-order valence-corrected chi connectivity index (χ1v) is 7.58. The van der Waals surface area contributed by atoms with Gasteiger partial charge in [0.2, 0.25) is 5.91 Å². The summed E-state index contributed by atoms with van der Waals surface area (Å²) in [5.41, 5.74) is 2.05. The van der Waals surface area contributed by atoms with Crippen LogP contribution in [-0.4, -0.2) is 45.8 Å². The van der Waals surface area contributed by atoms with E-state index in [1.807, 2.05) is 18.2 Å². The first-order chi connectivity index (χ1) is 10.2. The molecule has 1 amide bonds. The van der Waals surface area contributed by atoms with E-state index >= 15 is 0 Å². The summed E-state index contributed by atoms with van der Waals surface area (Å²) in [6.07, 6.45) is 0.948. The molecule has 1 heterocycles. The van der Waals surface area contributed by atoms with Crippen LogP contribution in [0.2, 0.25) is 5.02 Å². The number of nitrogens with zero attached hydrogens (tertiary/aromatic N) is 1. The molecule has 1 aliphatic rings. The molecule has 1 aromatic carbocycles. The van der Waals surface area contributed by atoms with E-state index in [0.29, 0.717) is 19.7 Å². The molecule has 0 unspecified atom stereocenters. The third-order valence-corrected chi connectivity index (χ3v) is 3.81. The molecule has 0 bridgehead atoms. The zero-order valence-corrected chi connectivity index (χ0v) is 13.1. The molecule has 0 atom stereocenters. The molecule has 1 aromatic rings. The Kier molecular flexibility index (Phi) is 6.29. The zero-order valence-electron chi connectivity index (χ0n) is 12.3. The number of ether oxygens (including phenoxy) is 1. The maximum Gasteiger partial charge on any atom is 0.239 e. The number of hydrogen-bond acceptors (Lipinski definition) is 4. The molecule has 1 aliphatic heterocycles. The van der Waals surface area contributed by atoms with Crippen LogP contribution in [0.3, 0.4) is 0 Å². The van der Waals surface area contributed by atoms with Gasteiger partial charge in [-0.3, -0.25) is 4.79 Å². The summed E-state index contributed by atoms with van der Waals surface area (Å²) in [6, 6.07) is 5.98. The Morgan fingerprint density at radius 1 is 1.48 bits per heavy atom. The maximum atomic E-state index is 11.6. The molecule has 0 radical (unpaired) electrons. The molecule has 0 spiro atoms. The molecule has 116 valence electrons. The SMILES string of the molecule is COCCNCc1ccc(N2CCCNC(=O)C2)cc1Cl. The number of hydrogen-bond donors (Lipinski definition) is 2. The summed E-state index contributed by atoms with van der Waals surface area (Å²) in [7, 11) is 1.68. The van der Waals surface area contributed by atoms with Gasteiger partial charge >= 0.3 is 0 Å². The molecule has 2 N–H and O–H groups in total. The normalized spacial score (nSPS) is 15.7. The number of carbonyl (C=O) groups excluding carboxylic acids is 1. The van der Waals surface area contributed by atoms with E-state index in [0.717, 1.165) is 42.3 Å². The minimum atomic E-state index is 0.0638. The van der Waals surface area contributed by atoms with Gasteiger partial charge in [0, 0.05) is 44.0 Å². The lowest BCUT2D eigenvalue weighted by atomic mass is 10.2. The van der Waals surface area contributed by atoms with Crippen LogP contribution in [0.25, 0.3) is 0 Å². The highest BCUT2D eigenvalue weighted by molar-refractivity contribution is 6.31. The molecular formula is C15H22ClN3O2. The highest BCUT2D eigenvalue weighted by Crippen LogP contribution is 2.24. The van der Waals surface area contributed by atoms with Gasteiger partial charge < -0.3 is 20.3 Å². The number of anilines is 1. The van der Waals surface area contributed by atoms with Gasteiger partial charge in [-0.2, -0.15) is 0 Å². The van der Waals surface area contributed by atoms with Crippen LogP contribution < -0.4 is 15.5 Å². The summed E-state index contributed by atoms with van der Waals surface area (Å²) >= 11 is 6.34. The van der Waals surface area contributed by atoms with Crippen molar-refractivity contribution in [3.63, 3.8) is 0 Å². The molecule has 0 aliphatic carbocycles. The summed E-state index contributed by atoms with van der Waals surface area (Å²) in [6.45, 7) is 4.18. The van der Waals surface area contributed by atoms with Crippen molar-refractivity contribution < 1.29 is 9.53 Å². The maximum absolute atomic E-state index is 11.6. The highest BCUT2D eigenvalue weighted by atomic mass is 35.5. The van der Waals surface area contributed by atoms with Gasteiger partial charge in [-0.05, 0) is 24.1 Å². The van der Waals surface area contributed by atoms with E-state index in [1.165, 1.54) is 0 Å². The van der Waals surface area contributed by atoms with Gasteiger partial charge in [0.15, 0.2) is 0 Å². The molecule has 6 heteroatoms. The van der Waals surface area contributed by atoms with Crippen molar-refractivity contribution >= 4 is 23.2 Å². The van der Waals surface area contributed by atoms with E-state index < -0.39 is 0 Å². The molecule has 2 rings (SSSR count). The molecule has 5 nitrogen and oxygen atoms in total. The number of halogens is 1. The third-order valence-electron chi connectivity index (χ3n) is 3.46. The van der Waals surface area contributed by atoms with E-state index in [1.54, 1.807) is 7.11 Å². The topological polar surface area (TPSA) is 53.6 Å². The van der Waals surface area contributed by atoms with E-state index in [9.17, 15) is 4.79 Å². The number of benzene rings is 1. The van der Waals surface area contributed by atoms with Gasteiger partial charge in [0.25, 0.3) is 0 Å². The molecule has 0 aromatic heterocycles. The van der Waals surface area contributed by atoms with Crippen LogP contribution >= 0.6 is 11.6 Å². The van der Waals surface area contributed by atoms with Gasteiger partial charge in [-0.25, -0.2) is 0 Å². The predicted molar refractivity (Wildman–Crippen MR) is 84.9 cm³/mol. The molecule has 0 saturated carbocycles. The average molecular weight is 312 g/mol. The third kappa shape index (κ3) is 4.88. The van der Waals surface area contributed by atoms with Crippen molar-refractivity contribution in [1.29, 1.82) is 0 Å². The van der Waals surface area contributed by atoms with Crippen molar-refractivity contribution in [2.45, 2.75) is 13.0 Å². The number of carbonyl (C=O) groups is 1. The Morgan fingerprint density at radius 2 is 2.33 bits per heavy atom. The van der Waals surface area contributed by atoms with Crippen molar-refractivity contribution in [3.8, 4) is 0 Å². The summed E-state index contributed by atoms with van der Waals surface area (Å²) in [5, 5.41) is 6.87. The lowest BCUT2D eigenvalue weighted by Gasteiger charge is -2.22. The minimum Gasteiger partial charge on any atom is -0.383 e. The smallest absolute Gasteiger partial charge is 0.239 e. The van der Waals surface area contributed by atoms with E-state index in [-0.39, 0.29) is 5.91 Å². The monoisotopic (exact) mass is 311 g/mol. The van der Waals surface area contributed by atoms with Crippen LogP contribution in [0.1, 0.15) is 12.0 Å². The van der Waals surface area contributed by atoms with Gasteiger partial charge in [-0.1, -0.05) is 17.7 Å². The predicted octanol–water partition coefficient (Wildman–Crippen LogP) is 1.40. The molecular weight excluding hydrogens is 290 g/mol. The first-order valence-electron chi connectivity index (χ1n) is 7.20. The van der Waals surface area contributed by atoms with Crippen molar-refractivity contribution in [1.82, 2.24) is 10.6 Å². The number of nitrogens with one attached hydrogen (secondary N) is 2. The Hall–Kier alpha value is -1.30. The van der Waals surface area contributed by atoms with Crippen LogP contribution in [0, 0.1) is 0 Å². The minimum absolute atomic E-state index is 0.0638. The van der Waals surface area contributed by atoms with E-state index in [2.05, 4.69) is 15.5 Å². The zero-order chi connectivity index (χ0) is 15.1. The van der Waals surface area contributed by atoms with Crippen molar-refractivity contribution in [2.24, 2.45) is 0 Å². The molecule has 21 heavy (non-hydrogen) atoms. The van der Waals surface area contributed by atoms with Gasteiger partial charge in [0.05, 0.1) is 13.2 Å². The standard InChI is InChI=1S/C15H22ClN3O2/c1-21-8-6-17-10-12-3-4-13(9-14(12)16)19-7-2-5-18-15(20)11-19/h3-4,9,17H,2,5-8,10-11H2,1H3,(H,18,20). The highest BCUT2D eigenvalue weighted by Gasteiger charge is 2.15. The number of rotatable bonds is 6. The van der Waals surface area contributed by atoms with Crippen LogP contribution in [-0.2, 0) is 16.1 Å². The Balaban J connectivity index is 1.98. The second-order valence-electron chi connectivity index (χ2n) is 5.07. The van der Waals surface area contributed by atoms with E-state index in [4.69, 9.17) is 16.3 Å². The summed E-state index contributed by atoms with van der Waals surface area (Å²) in [5.74, 6) is 0.0638. The van der Waals surface area contributed by atoms with Crippen LogP contribution in [0.5, 0.6) is 0 Å². The molecule has 1 fully saturated rings. The fourth-order valence-corrected chi connectivity index (χ4v) is 2.54. The lowest BCUT2D eigenvalue weighted by Crippen LogP contribution is -2.33. The Morgan fingerprint density at radius 3 is 3.10 bits per heavy atom. The molecule has 1 saturated heterocycles. The first kappa shape index (κ1) is 16.1. The lowest BCUT2D eigenvalue weighted by molar-refractivity contribution is -0.119. The Labute approximate surface area is 130 Å². The second kappa shape index (κ2) is 8.22. The summed E-state index contributed by atoms with van der Waals surface area (Å²) < 4.78 is 4.99. The number of methoxy groups -OCH3 is 1. The van der Waals surface area contributed by atoms with Gasteiger partial charge in [-0.15, -0.1) is 0 Å². The largest absolute Gasteiger partial charge is 0.383 e. The van der Waals surface area contributed by atoms with Gasteiger partial charge in [0.1, 0.15) is 0 Å². The fourth-order valence-electron chi connectivity index (χ4n) is 2.30. The average Bonchev–Trinajstić information content (AvgIpc) is 2.69. The quantitative estimate of drug-likeness (QED) is 0.780. The fraction of sp³-hybridized carbons (Fsp3) is 0.533. The van der Waals surface area contributed by atoms with Crippen molar-refractivity contribution in [3.05, 3.63) is 28.8 Å². The van der Waals surface area contributed by atoms with Crippen molar-refractivity contribution in [2.75, 3.05) is 44.8 Å². The number of amides is 1. The van der Waals surface area contributed by atoms with Crippen LogP contribution in [0.4, 0.5) is 5.69 Å². The Bertz CT molecular complexity index is 482. The second-order valence-corrected chi connectivity index (χ2v) is 5.48. The summed E-state index contributed by atoms with van der Waals surface area (Å²) in [4.78, 5) is 13.7. The van der Waals surface area contributed by atoms with Crippen LogP contribution in [0.15, 0.2) is 18.2 Å².